The molecule has 8 heteroatoms. The Bertz CT molecular complexity index is 1050. The largest absolute Gasteiger partial charge is 0.469 e. The van der Waals surface area contributed by atoms with Gasteiger partial charge in [-0.1, -0.05) is 42.0 Å². The minimum Gasteiger partial charge on any atom is -0.469 e. The van der Waals surface area contributed by atoms with Crippen LogP contribution in [-0.2, 0) is 9.53 Å². The van der Waals surface area contributed by atoms with Crippen LogP contribution in [0.1, 0.15) is 41.7 Å². The molecule has 174 valence electrons. The van der Waals surface area contributed by atoms with E-state index in [9.17, 15) is 18.4 Å². The molecule has 0 heterocycles. The summed E-state index contributed by atoms with van der Waals surface area (Å²) in [6, 6.07) is 8.82. The molecule has 0 bridgehead atoms. The third-order valence-corrected chi connectivity index (χ3v) is 5.20. The number of nitrogens with zero attached hydrogens (tertiary/aromatic N) is 2. The second-order valence-electron chi connectivity index (χ2n) is 7.13. The maximum absolute atomic E-state index is 13.9. The van der Waals surface area contributed by atoms with Crippen molar-refractivity contribution in [2.75, 3.05) is 13.7 Å². The monoisotopic (exact) mass is 474 g/mol. The van der Waals surface area contributed by atoms with E-state index in [-0.39, 0.29) is 24.9 Å². The zero-order valence-electron chi connectivity index (χ0n) is 18.4. The molecule has 5 nitrogen and oxygen atoms in total. The highest BCUT2D eigenvalue weighted by Gasteiger charge is 2.29. The van der Waals surface area contributed by atoms with Crippen LogP contribution in [0.15, 0.2) is 71.4 Å². The quantitative estimate of drug-likeness (QED) is 0.244. The Balaban J connectivity index is 2.63. The van der Waals surface area contributed by atoms with Gasteiger partial charge in [-0.25, -0.2) is 8.78 Å². The molecule has 0 unspecified atom stereocenters. The lowest BCUT2D eigenvalue weighted by Gasteiger charge is -2.33. The Kier molecular flexibility index (Phi) is 9.94. The lowest BCUT2D eigenvalue weighted by Crippen LogP contribution is -2.37. The van der Waals surface area contributed by atoms with E-state index in [4.69, 9.17) is 16.3 Å². The fourth-order valence-corrected chi connectivity index (χ4v) is 3.67. The van der Waals surface area contributed by atoms with Crippen molar-refractivity contribution in [1.29, 1.82) is 0 Å². The Hall–Kier alpha value is -3.32. The summed E-state index contributed by atoms with van der Waals surface area (Å²) in [6.45, 7) is 5.28. The van der Waals surface area contributed by atoms with Crippen LogP contribution in [0.2, 0.25) is 5.02 Å². The number of carbonyl (C=O) groups is 2. The van der Waals surface area contributed by atoms with E-state index >= 15 is 0 Å². The topological polar surface area (TPSA) is 59.0 Å². The zero-order valence-corrected chi connectivity index (χ0v) is 19.2. The van der Waals surface area contributed by atoms with Gasteiger partial charge >= 0.3 is 5.97 Å². The summed E-state index contributed by atoms with van der Waals surface area (Å²) in [6.07, 6.45) is 5.16. The standard InChI is InChI=1S/C25H25ClF2N2O3/c1-4-7-17(15-29-2)16-30(25(32)18-12-19(27)14-20(28)13-18)23(10-11-24(31)33-3)21-8-5-6-9-22(21)26/h4-9,12-15,23H,2,10-11,16H2,1,3H3/b7-4-,17-15+/t23-/m1/s1. The molecule has 0 aliphatic heterocycles. The number of benzene rings is 2. The van der Waals surface area contributed by atoms with E-state index < -0.39 is 29.6 Å². The average Bonchev–Trinajstić information content (AvgIpc) is 2.78. The molecule has 0 radical (unpaired) electrons. The number of aliphatic imine (C=N–C) groups is 1. The lowest BCUT2D eigenvalue weighted by atomic mass is 9.98. The first-order chi connectivity index (χ1) is 15.8. The molecule has 0 N–H and O–H groups in total. The first kappa shape index (κ1) is 25.9. The van der Waals surface area contributed by atoms with Crippen molar-refractivity contribution >= 4 is 30.2 Å². The molecule has 2 rings (SSSR count). The van der Waals surface area contributed by atoms with Crippen LogP contribution in [0.25, 0.3) is 0 Å². The van der Waals surface area contributed by atoms with Crippen molar-refractivity contribution < 1.29 is 23.1 Å². The molecule has 2 aromatic carbocycles. The van der Waals surface area contributed by atoms with Gasteiger partial charge in [0.1, 0.15) is 11.6 Å². The molecule has 1 amide bonds. The van der Waals surface area contributed by atoms with E-state index in [1.807, 2.05) is 0 Å². The van der Waals surface area contributed by atoms with Gasteiger partial charge in [-0.15, -0.1) is 0 Å². The third-order valence-electron chi connectivity index (χ3n) is 4.85. The fourth-order valence-electron chi connectivity index (χ4n) is 3.41. The molecular formula is C25H25ClF2N2O3. The van der Waals surface area contributed by atoms with Crippen molar-refractivity contribution in [2.24, 2.45) is 4.99 Å². The maximum Gasteiger partial charge on any atom is 0.305 e. The summed E-state index contributed by atoms with van der Waals surface area (Å²) in [7, 11) is 1.27. The van der Waals surface area contributed by atoms with Gasteiger partial charge in [0.2, 0.25) is 0 Å². The fraction of sp³-hybridized carbons (Fsp3) is 0.240. The molecule has 0 aliphatic rings. The van der Waals surface area contributed by atoms with Crippen LogP contribution in [0.4, 0.5) is 8.78 Å². The smallest absolute Gasteiger partial charge is 0.305 e. The molecule has 0 aromatic heterocycles. The third kappa shape index (κ3) is 7.36. The number of methoxy groups -OCH3 is 1. The van der Waals surface area contributed by atoms with Crippen molar-refractivity contribution in [2.45, 2.75) is 25.8 Å². The zero-order chi connectivity index (χ0) is 24.4. The molecule has 0 saturated carbocycles. The first-order valence-corrected chi connectivity index (χ1v) is 10.5. The lowest BCUT2D eigenvalue weighted by molar-refractivity contribution is -0.141. The van der Waals surface area contributed by atoms with E-state index in [0.717, 1.165) is 12.1 Å². The molecule has 2 aromatic rings. The Morgan fingerprint density at radius 1 is 1.21 bits per heavy atom. The van der Waals surface area contributed by atoms with Crippen LogP contribution in [0.5, 0.6) is 0 Å². The minimum absolute atomic E-state index is 0.00391. The van der Waals surface area contributed by atoms with E-state index in [1.54, 1.807) is 43.3 Å². The molecule has 1 atom stereocenters. The van der Waals surface area contributed by atoms with Crippen molar-refractivity contribution in [3.05, 3.63) is 94.2 Å². The van der Waals surface area contributed by atoms with Crippen molar-refractivity contribution in [3.63, 3.8) is 0 Å². The van der Waals surface area contributed by atoms with Gasteiger partial charge in [0.15, 0.2) is 0 Å². The van der Waals surface area contributed by atoms with Gasteiger partial charge in [-0.2, -0.15) is 0 Å². The number of ether oxygens (including phenoxy) is 1. The van der Waals surface area contributed by atoms with Crippen LogP contribution in [0, 0.1) is 11.6 Å². The Labute approximate surface area is 197 Å². The van der Waals surface area contributed by atoms with Gasteiger partial charge in [-0.3, -0.25) is 14.6 Å². The SMILES string of the molecule is C=N/C=C(\C=C/C)CN(C(=O)c1cc(F)cc(F)c1)[C@H](CCC(=O)OC)c1ccccc1Cl. The van der Waals surface area contributed by atoms with E-state index in [1.165, 1.54) is 18.2 Å². The van der Waals surface area contributed by atoms with E-state index in [2.05, 4.69) is 11.7 Å². The van der Waals surface area contributed by atoms with Gasteiger partial charge < -0.3 is 9.64 Å². The highest BCUT2D eigenvalue weighted by molar-refractivity contribution is 6.31. The number of hydrogen-bond donors (Lipinski definition) is 0. The minimum atomic E-state index is -0.876. The van der Waals surface area contributed by atoms with Gasteiger partial charge in [0.25, 0.3) is 5.91 Å². The predicted octanol–water partition coefficient (Wildman–Crippen LogP) is 5.92. The molecule has 33 heavy (non-hydrogen) atoms. The summed E-state index contributed by atoms with van der Waals surface area (Å²) in [5, 5.41) is 0.383. The van der Waals surface area contributed by atoms with Crippen LogP contribution < -0.4 is 0 Å². The average molecular weight is 475 g/mol. The van der Waals surface area contributed by atoms with Gasteiger partial charge in [0, 0.05) is 35.8 Å². The van der Waals surface area contributed by atoms with Crippen LogP contribution in [-0.4, -0.2) is 37.1 Å². The highest BCUT2D eigenvalue weighted by Crippen LogP contribution is 2.33. The number of esters is 1. The second kappa shape index (κ2) is 12.6. The Morgan fingerprint density at radius 2 is 1.88 bits per heavy atom. The number of carbonyl (C=O) groups excluding carboxylic acids is 2. The van der Waals surface area contributed by atoms with Gasteiger partial charge in [0.05, 0.1) is 13.2 Å². The molecule has 0 fully saturated rings. The van der Waals surface area contributed by atoms with Crippen LogP contribution >= 0.6 is 11.6 Å². The molecule has 0 saturated heterocycles. The highest BCUT2D eigenvalue weighted by atomic mass is 35.5. The number of halogens is 3. The van der Waals surface area contributed by atoms with Crippen molar-refractivity contribution in [1.82, 2.24) is 4.90 Å². The normalized spacial score (nSPS) is 12.5. The number of hydrogen-bond acceptors (Lipinski definition) is 4. The Morgan fingerprint density at radius 3 is 2.45 bits per heavy atom. The van der Waals surface area contributed by atoms with Gasteiger partial charge in [-0.05, 0) is 49.4 Å². The number of amides is 1. The number of allylic oxidation sites excluding steroid dienone is 1. The summed E-state index contributed by atoms with van der Waals surface area (Å²) < 4.78 is 32.6. The van der Waals surface area contributed by atoms with E-state index in [0.29, 0.717) is 22.2 Å². The summed E-state index contributed by atoms with van der Waals surface area (Å²) >= 11 is 6.44. The molecule has 0 spiro atoms. The second-order valence-corrected chi connectivity index (χ2v) is 7.54. The number of rotatable bonds is 10. The molecular weight excluding hydrogens is 450 g/mol. The first-order valence-electron chi connectivity index (χ1n) is 10.2. The summed E-state index contributed by atoms with van der Waals surface area (Å²) in [5.41, 5.74) is 1.03. The maximum atomic E-state index is 13.9. The van der Waals surface area contributed by atoms with Crippen molar-refractivity contribution in [3.8, 4) is 0 Å². The summed E-state index contributed by atoms with van der Waals surface area (Å²) in [4.78, 5) is 30.7. The predicted molar refractivity (Wildman–Crippen MR) is 125 cm³/mol. The molecule has 0 aliphatic carbocycles. The van der Waals surface area contributed by atoms with Crippen LogP contribution in [0.3, 0.4) is 0 Å². The summed E-state index contributed by atoms with van der Waals surface area (Å²) in [5.74, 6) is -2.85.